The van der Waals surface area contributed by atoms with Gasteiger partial charge >= 0.3 is 0 Å². The summed E-state index contributed by atoms with van der Waals surface area (Å²) in [5, 5.41) is 3.84. The molecule has 7 nitrogen and oxygen atoms in total. The van der Waals surface area contributed by atoms with Crippen LogP contribution in [-0.2, 0) is 26.2 Å². The molecule has 0 spiro atoms. The molecule has 0 saturated carbocycles. The summed E-state index contributed by atoms with van der Waals surface area (Å²) in [4.78, 5) is 28.1. The van der Waals surface area contributed by atoms with Crippen molar-refractivity contribution in [3.05, 3.63) is 92.9 Å². The van der Waals surface area contributed by atoms with E-state index in [0.717, 1.165) is 9.87 Å². The summed E-state index contributed by atoms with van der Waals surface area (Å²) >= 11 is 18.6. The third kappa shape index (κ3) is 7.88. The molecule has 0 heterocycles. The van der Waals surface area contributed by atoms with E-state index in [1.807, 2.05) is 13.8 Å². The Morgan fingerprint density at radius 2 is 1.62 bits per heavy atom. The molecule has 0 radical (unpaired) electrons. The molecule has 11 heteroatoms. The van der Waals surface area contributed by atoms with Crippen LogP contribution < -0.4 is 9.62 Å². The van der Waals surface area contributed by atoms with Crippen molar-refractivity contribution >= 4 is 62.3 Å². The number of amides is 2. The Morgan fingerprint density at radius 1 is 0.949 bits per heavy atom. The average molecular weight is 611 g/mol. The molecule has 0 fully saturated rings. The molecule has 0 saturated heterocycles. The number of hydrogen-bond donors (Lipinski definition) is 1. The molecule has 0 aliphatic heterocycles. The highest BCUT2D eigenvalue weighted by Crippen LogP contribution is 2.28. The first-order valence-electron chi connectivity index (χ1n) is 12.3. The Labute approximate surface area is 244 Å². The van der Waals surface area contributed by atoms with E-state index in [0.29, 0.717) is 33.6 Å². The van der Waals surface area contributed by atoms with Gasteiger partial charge in [0, 0.05) is 28.2 Å². The molecule has 2 amide bonds. The average Bonchev–Trinajstić information content (AvgIpc) is 2.89. The summed E-state index contributed by atoms with van der Waals surface area (Å²) in [6.45, 7) is 5.17. The van der Waals surface area contributed by atoms with Crippen LogP contribution in [0.25, 0.3) is 0 Å². The summed E-state index contributed by atoms with van der Waals surface area (Å²) in [5.41, 5.74) is 1.65. The minimum absolute atomic E-state index is 0.0157. The zero-order chi connectivity index (χ0) is 28.7. The molecule has 0 bridgehead atoms. The lowest BCUT2D eigenvalue weighted by Crippen LogP contribution is -2.51. The maximum absolute atomic E-state index is 13.9. The molecule has 0 aromatic heterocycles. The van der Waals surface area contributed by atoms with Gasteiger partial charge in [-0.25, -0.2) is 8.42 Å². The predicted octanol–water partition coefficient (Wildman–Crippen LogP) is 6.09. The molecular formula is C28H30Cl3N3O4S. The van der Waals surface area contributed by atoms with Crippen molar-refractivity contribution < 1.29 is 18.0 Å². The van der Waals surface area contributed by atoms with Gasteiger partial charge in [-0.2, -0.15) is 0 Å². The summed E-state index contributed by atoms with van der Waals surface area (Å²) < 4.78 is 28.6. The number of anilines is 1. The maximum Gasteiger partial charge on any atom is 0.264 e. The number of nitrogens with zero attached hydrogens (tertiary/aromatic N) is 2. The Morgan fingerprint density at radius 3 is 2.23 bits per heavy atom. The molecule has 0 unspecified atom stereocenters. The molecule has 1 N–H and O–H groups in total. The number of carbonyl (C=O) groups is 2. The second-order valence-corrected chi connectivity index (χ2v) is 12.2. The Hall–Kier alpha value is -2.78. The first kappa shape index (κ1) is 30.8. The van der Waals surface area contributed by atoms with E-state index < -0.39 is 28.5 Å². The van der Waals surface area contributed by atoms with Crippen molar-refractivity contribution in [3.63, 3.8) is 0 Å². The highest BCUT2D eigenvalue weighted by Gasteiger charge is 2.32. The Bertz CT molecular complexity index is 1430. The number of nitrogens with one attached hydrogen (secondary N) is 1. The number of benzene rings is 3. The number of hydrogen-bond acceptors (Lipinski definition) is 4. The molecule has 1 atom stereocenters. The minimum Gasteiger partial charge on any atom is -0.354 e. The first-order chi connectivity index (χ1) is 18.4. The fraction of sp³-hybridized carbons (Fsp3) is 0.286. The lowest BCUT2D eigenvalue weighted by Gasteiger charge is -2.32. The molecule has 0 aliphatic rings. The Balaban J connectivity index is 2.04. The molecule has 208 valence electrons. The van der Waals surface area contributed by atoms with E-state index in [4.69, 9.17) is 34.8 Å². The number of rotatable bonds is 11. The van der Waals surface area contributed by atoms with E-state index in [1.54, 1.807) is 55.5 Å². The van der Waals surface area contributed by atoms with E-state index in [2.05, 4.69) is 5.32 Å². The predicted molar refractivity (Wildman–Crippen MR) is 157 cm³/mol. The summed E-state index contributed by atoms with van der Waals surface area (Å²) in [6.07, 6.45) is 0.715. The normalized spacial score (nSPS) is 12.1. The lowest BCUT2D eigenvalue weighted by atomic mass is 10.1. The van der Waals surface area contributed by atoms with Crippen LogP contribution in [0.5, 0.6) is 0 Å². The molecule has 3 rings (SSSR count). The van der Waals surface area contributed by atoms with Crippen LogP contribution >= 0.6 is 34.8 Å². The van der Waals surface area contributed by atoms with Gasteiger partial charge in [-0.3, -0.25) is 13.9 Å². The van der Waals surface area contributed by atoms with Crippen molar-refractivity contribution in [2.24, 2.45) is 0 Å². The SMILES string of the molecule is CCCNC(=O)[C@@H](C)N(Cc1ccc(Cl)cc1Cl)C(=O)CN(c1cccc(Cl)c1)S(=O)(=O)c1ccc(C)cc1. The summed E-state index contributed by atoms with van der Waals surface area (Å²) in [7, 11) is -4.18. The summed E-state index contributed by atoms with van der Waals surface area (Å²) in [6, 6.07) is 16.5. The Kier molecular flexibility index (Phi) is 10.7. The molecule has 3 aromatic rings. The number of carbonyl (C=O) groups excluding carboxylic acids is 2. The molecule has 39 heavy (non-hydrogen) atoms. The van der Waals surface area contributed by atoms with E-state index in [-0.39, 0.29) is 23.0 Å². The van der Waals surface area contributed by atoms with E-state index in [9.17, 15) is 18.0 Å². The van der Waals surface area contributed by atoms with E-state index in [1.165, 1.54) is 23.1 Å². The third-order valence-corrected chi connectivity index (χ3v) is 8.67. The number of halogens is 3. The highest BCUT2D eigenvalue weighted by atomic mass is 35.5. The van der Waals surface area contributed by atoms with Gasteiger partial charge in [-0.1, -0.05) is 71.6 Å². The zero-order valence-corrected chi connectivity index (χ0v) is 24.9. The minimum atomic E-state index is -4.18. The molecular weight excluding hydrogens is 581 g/mol. The van der Waals surface area contributed by atoms with Crippen LogP contribution in [0, 0.1) is 6.92 Å². The zero-order valence-electron chi connectivity index (χ0n) is 21.8. The highest BCUT2D eigenvalue weighted by molar-refractivity contribution is 7.92. The van der Waals surface area contributed by atoms with Crippen molar-refractivity contribution in [2.45, 2.75) is 44.7 Å². The van der Waals surface area contributed by atoms with Gasteiger partial charge in [-0.15, -0.1) is 0 Å². The van der Waals surface area contributed by atoms with Crippen molar-refractivity contribution in [3.8, 4) is 0 Å². The monoisotopic (exact) mass is 609 g/mol. The van der Waals surface area contributed by atoms with Gasteiger partial charge in [0.2, 0.25) is 11.8 Å². The maximum atomic E-state index is 13.9. The second-order valence-electron chi connectivity index (χ2n) is 9.03. The van der Waals surface area contributed by atoms with Crippen molar-refractivity contribution in [2.75, 3.05) is 17.4 Å². The first-order valence-corrected chi connectivity index (χ1v) is 14.9. The van der Waals surface area contributed by atoms with Crippen LogP contribution in [0.1, 0.15) is 31.4 Å². The van der Waals surface area contributed by atoms with Crippen molar-refractivity contribution in [1.82, 2.24) is 10.2 Å². The topological polar surface area (TPSA) is 86.8 Å². The summed E-state index contributed by atoms with van der Waals surface area (Å²) in [5.74, 6) is -0.971. The van der Waals surface area contributed by atoms with Crippen molar-refractivity contribution in [1.29, 1.82) is 0 Å². The van der Waals surface area contributed by atoms with Crippen LogP contribution in [-0.4, -0.2) is 44.3 Å². The third-order valence-electron chi connectivity index (χ3n) is 6.06. The van der Waals surface area contributed by atoms with Gasteiger partial charge in [-0.05, 0) is 68.3 Å². The largest absolute Gasteiger partial charge is 0.354 e. The molecule has 0 aliphatic carbocycles. The standard InChI is InChI=1S/C28H30Cl3N3O4S/c1-4-14-32-28(36)20(3)33(17-21-10-11-23(30)16-26(21)31)27(35)18-34(24-7-5-6-22(29)15-24)39(37,38)25-12-8-19(2)9-13-25/h5-13,15-16,20H,4,14,17-18H2,1-3H3,(H,32,36)/t20-/m1/s1. The number of sulfonamides is 1. The van der Waals surface area contributed by atoms with Gasteiger partial charge in [0.15, 0.2) is 0 Å². The smallest absolute Gasteiger partial charge is 0.264 e. The second kappa shape index (κ2) is 13.5. The lowest BCUT2D eigenvalue weighted by molar-refractivity contribution is -0.139. The van der Waals surface area contributed by atoms with Crippen LogP contribution in [0.2, 0.25) is 15.1 Å². The number of aryl methyl sites for hydroxylation is 1. The molecule has 3 aromatic carbocycles. The fourth-order valence-corrected chi connectivity index (χ4v) is 5.87. The van der Waals surface area contributed by atoms with Crippen LogP contribution in [0.3, 0.4) is 0 Å². The van der Waals surface area contributed by atoms with E-state index >= 15 is 0 Å². The quantitative estimate of drug-likeness (QED) is 0.285. The van der Waals surface area contributed by atoms with Crippen LogP contribution in [0.4, 0.5) is 5.69 Å². The van der Waals surface area contributed by atoms with Gasteiger partial charge in [0.25, 0.3) is 10.0 Å². The fourth-order valence-electron chi connectivity index (χ4n) is 3.81. The van der Waals surface area contributed by atoms with Gasteiger partial charge < -0.3 is 10.2 Å². The van der Waals surface area contributed by atoms with Gasteiger partial charge in [0.05, 0.1) is 10.6 Å². The van der Waals surface area contributed by atoms with Crippen LogP contribution in [0.15, 0.2) is 71.6 Å². The van der Waals surface area contributed by atoms with Gasteiger partial charge in [0.1, 0.15) is 12.6 Å².